The van der Waals surface area contributed by atoms with Crippen molar-refractivity contribution < 1.29 is 47.6 Å². The first-order valence-corrected chi connectivity index (χ1v) is 11.4. The van der Waals surface area contributed by atoms with Crippen LogP contribution < -0.4 is 18.9 Å². The fourth-order valence-electron chi connectivity index (χ4n) is 2.76. The van der Waals surface area contributed by atoms with Gasteiger partial charge in [-0.3, -0.25) is 0 Å². The molecule has 0 spiro atoms. The van der Waals surface area contributed by atoms with Crippen LogP contribution in [0.1, 0.15) is 20.7 Å². The first-order valence-electron chi connectivity index (χ1n) is 11.1. The van der Waals surface area contributed by atoms with Crippen molar-refractivity contribution in [1.82, 2.24) is 0 Å². The van der Waals surface area contributed by atoms with Crippen LogP contribution in [0.15, 0.2) is 92.0 Å². The number of hydrogen-bond acceptors (Lipinski definition) is 10. The summed E-state index contributed by atoms with van der Waals surface area (Å²) < 4.78 is 30.5. The molecule has 0 aliphatic heterocycles. The molecule has 0 bridgehead atoms. The van der Waals surface area contributed by atoms with Crippen LogP contribution in [0.3, 0.4) is 0 Å². The van der Waals surface area contributed by atoms with Crippen molar-refractivity contribution in [2.24, 2.45) is 0 Å². The van der Waals surface area contributed by atoms with Crippen LogP contribution in [0.5, 0.6) is 23.0 Å². The predicted molar refractivity (Wildman–Crippen MR) is 138 cm³/mol. The summed E-state index contributed by atoms with van der Waals surface area (Å²) in [5.41, 5.74) is 0.437. The summed E-state index contributed by atoms with van der Waals surface area (Å²) in [6.45, 7) is 5.93. The lowest BCUT2D eigenvalue weighted by molar-refractivity contribution is -0.145. The minimum absolute atomic E-state index is 0.0375. The van der Waals surface area contributed by atoms with E-state index >= 15 is 0 Å². The minimum Gasteiger partial charge on any atom is -0.457 e. The molecule has 200 valence electrons. The van der Waals surface area contributed by atoms with E-state index in [0.717, 1.165) is 12.2 Å². The zero-order valence-electron chi connectivity index (χ0n) is 20.3. The molecule has 0 aromatic heterocycles. The molecule has 39 heavy (non-hydrogen) atoms. The Labute approximate surface area is 227 Å². The number of hydrogen-bond donors (Lipinski definition) is 0. The van der Waals surface area contributed by atoms with E-state index in [2.05, 4.69) is 13.2 Å². The van der Waals surface area contributed by atoms with E-state index < -0.39 is 23.9 Å². The molecule has 0 amide bonds. The van der Waals surface area contributed by atoms with Crippen LogP contribution in [0.2, 0.25) is 5.02 Å². The zero-order valence-corrected chi connectivity index (χ0v) is 21.1. The van der Waals surface area contributed by atoms with E-state index in [1.165, 1.54) is 66.7 Å². The fourth-order valence-corrected chi connectivity index (χ4v) is 2.97. The van der Waals surface area contributed by atoms with Gasteiger partial charge in [-0.25, -0.2) is 19.2 Å². The van der Waals surface area contributed by atoms with Crippen molar-refractivity contribution in [3.8, 4) is 23.0 Å². The van der Waals surface area contributed by atoms with Crippen molar-refractivity contribution >= 4 is 35.5 Å². The van der Waals surface area contributed by atoms with Crippen molar-refractivity contribution in [3.05, 3.63) is 108 Å². The fraction of sp³-hybridized carbons (Fsp3) is 0.0714. The molecule has 3 aromatic carbocycles. The number of benzene rings is 3. The molecular formula is C28H21ClO10. The number of rotatable bonds is 12. The van der Waals surface area contributed by atoms with Crippen LogP contribution in [-0.4, -0.2) is 37.5 Å². The van der Waals surface area contributed by atoms with E-state index in [9.17, 15) is 19.2 Å². The molecule has 11 heteroatoms. The summed E-state index contributed by atoms with van der Waals surface area (Å²) in [6, 6.07) is 16.0. The Morgan fingerprint density at radius 1 is 0.641 bits per heavy atom. The van der Waals surface area contributed by atoms with E-state index in [0.29, 0.717) is 11.5 Å². The molecule has 0 aliphatic carbocycles. The minimum atomic E-state index is -0.687. The smallest absolute Gasteiger partial charge is 0.343 e. The summed E-state index contributed by atoms with van der Waals surface area (Å²) in [5, 5.41) is 0.0375. The van der Waals surface area contributed by atoms with Crippen molar-refractivity contribution in [1.29, 1.82) is 0 Å². The van der Waals surface area contributed by atoms with Gasteiger partial charge < -0.3 is 28.4 Å². The van der Waals surface area contributed by atoms with Crippen LogP contribution in [0.25, 0.3) is 0 Å². The Hall–Kier alpha value is -5.09. The molecule has 0 saturated carbocycles. The molecule has 0 unspecified atom stereocenters. The third-order valence-corrected chi connectivity index (χ3v) is 4.98. The summed E-state index contributed by atoms with van der Waals surface area (Å²) >= 11 is 6.22. The maximum atomic E-state index is 12.5. The van der Waals surface area contributed by atoms with E-state index in [-0.39, 0.29) is 41.2 Å². The summed E-state index contributed by atoms with van der Waals surface area (Å²) in [7, 11) is 0. The Morgan fingerprint density at radius 3 is 1.51 bits per heavy atom. The summed E-state index contributed by atoms with van der Waals surface area (Å²) in [4.78, 5) is 47.0. The molecule has 0 radical (unpaired) electrons. The predicted octanol–water partition coefficient (Wildman–Crippen LogP) is 4.91. The third kappa shape index (κ3) is 8.76. The molecule has 3 aromatic rings. The topological polar surface area (TPSA) is 124 Å². The second-order valence-electron chi connectivity index (χ2n) is 7.28. The summed E-state index contributed by atoms with van der Waals surface area (Å²) in [5.74, 6) is -1.69. The van der Waals surface area contributed by atoms with E-state index in [1.807, 2.05) is 0 Å². The zero-order chi connectivity index (χ0) is 28.2. The van der Waals surface area contributed by atoms with Crippen molar-refractivity contribution in [2.75, 3.05) is 13.6 Å². The van der Waals surface area contributed by atoms with E-state index in [1.54, 1.807) is 0 Å². The van der Waals surface area contributed by atoms with Gasteiger partial charge in [-0.05, 0) is 60.7 Å². The SMILES string of the molecule is C=CC(=O)OCOc1ccc(C(=O)Oc2ccc(OC(=O)c3ccc(OCOC(=O)C=C)cc3)c(Cl)c2)cc1. The number of carbonyl (C=O) groups is 4. The second-order valence-corrected chi connectivity index (χ2v) is 7.69. The van der Waals surface area contributed by atoms with Gasteiger partial charge in [0.1, 0.15) is 23.0 Å². The lowest BCUT2D eigenvalue weighted by Crippen LogP contribution is -2.11. The molecule has 0 atom stereocenters. The maximum Gasteiger partial charge on any atom is 0.343 e. The van der Waals surface area contributed by atoms with Crippen LogP contribution in [0.4, 0.5) is 0 Å². The number of carbonyl (C=O) groups excluding carboxylic acids is 4. The monoisotopic (exact) mass is 552 g/mol. The lowest BCUT2D eigenvalue weighted by atomic mass is 10.2. The molecule has 3 rings (SSSR count). The molecule has 0 saturated heterocycles. The Balaban J connectivity index is 1.53. The molecule has 0 aliphatic rings. The van der Waals surface area contributed by atoms with Crippen LogP contribution in [0, 0.1) is 0 Å². The van der Waals surface area contributed by atoms with Gasteiger partial charge in [0.05, 0.1) is 16.1 Å². The first kappa shape index (κ1) is 28.5. The number of esters is 4. The Morgan fingerprint density at radius 2 is 1.08 bits per heavy atom. The number of halogens is 1. The average Bonchev–Trinajstić information content (AvgIpc) is 2.94. The third-order valence-electron chi connectivity index (χ3n) is 4.68. The first-order chi connectivity index (χ1) is 18.8. The highest BCUT2D eigenvalue weighted by Crippen LogP contribution is 2.30. The molecule has 0 N–H and O–H groups in total. The van der Waals surface area contributed by atoms with Gasteiger partial charge in [0, 0.05) is 18.2 Å². The van der Waals surface area contributed by atoms with Crippen LogP contribution >= 0.6 is 11.6 Å². The van der Waals surface area contributed by atoms with Gasteiger partial charge in [-0.1, -0.05) is 24.8 Å². The highest BCUT2D eigenvalue weighted by atomic mass is 35.5. The molecule has 10 nitrogen and oxygen atoms in total. The van der Waals surface area contributed by atoms with Gasteiger partial charge in [0.15, 0.2) is 0 Å². The molecule has 0 heterocycles. The van der Waals surface area contributed by atoms with Gasteiger partial charge in [-0.15, -0.1) is 0 Å². The van der Waals surface area contributed by atoms with Gasteiger partial charge in [-0.2, -0.15) is 0 Å². The summed E-state index contributed by atoms with van der Waals surface area (Å²) in [6.07, 6.45) is 2.02. The maximum absolute atomic E-state index is 12.5. The van der Waals surface area contributed by atoms with Crippen molar-refractivity contribution in [2.45, 2.75) is 0 Å². The highest BCUT2D eigenvalue weighted by Gasteiger charge is 2.15. The molecule has 0 fully saturated rings. The standard InChI is InChI=1S/C28H21ClO10/c1-3-25(30)36-16-34-20-9-5-18(6-10-20)27(32)38-22-13-14-24(23(29)15-22)39-28(33)19-7-11-21(12-8-19)35-17-37-26(31)4-2/h3-15H,1-2,16-17H2. The quantitative estimate of drug-likeness (QED) is 0.132. The van der Waals surface area contributed by atoms with Crippen LogP contribution in [-0.2, 0) is 19.1 Å². The largest absolute Gasteiger partial charge is 0.457 e. The van der Waals surface area contributed by atoms with E-state index in [4.69, 9.17) is 40.0 Å². The second kappa shape index (κ2) is 14.0. The normalized spacial score (nSPS) is 9.97. The molecular weight excluding hydrogens is 532 g/mol. The highest BCUT2D eigenvalue weighted by molar-refractivity contribution is 6.32. The van der Waals surface area contributed by atoms with Gasteiger partial charge in [0.2, 0.25) is 13.6 Å². The Kier molecular flexibility index (Phi) is 10.2. The Bertz CT molecular complexity index is 1360. The number of ether oxygens (including phenoxy) is 6. The average molecular weight is 553 g/mol. The van der Waals surface area contributed by atoms with Crippen molar-refractivity contribution in [3.63, 3.8) is 0 Å². The lowest BCUT2D eigenvalue weighted by Gasteiger charge is -2.10. The van der Waals surface area contributed by atoms with Gasteiger partial charge in [0.25, 0.3) is 0 Å². The van der Waals surface area contributed by atoms with Gasteiger partial charge >= 0.3 is 23.9 Å².